The van der Waals surface area contributed by atoms with Gasteiger partial charge in [0, 0.05) is 11.1 Å². The zero-order valence-corrected chi connectivity index (χ0v) is 11.5. The minimum absolute atomic E-state index is 0.516. The third-order valence-corrected chi connectivity index (χ3v) is 3.60. The molecule has 17 heavy (non-hydrogen) atoms. The van der Waals surface area contributed by atoms with Crippen LogP contribution in [0.15, 0.2) is 17.5 Å². The largest absolute Gasteiger partial charge is 0.399 e. The van der Waals surface area contributed by atoms with E-state index in [0.29, 0.717) is 28.0 Å². The summed E-state index contributed by atoms with van der Waals surface area (Å²) in [5.41, 5.74) is 7.84. The van der Waals surface area contributed by atoms with E-state index in [1.165, 1.54) is 0 Å². The molecule has 0 aliphatic rings. The molecule has 0 atom stereocenters. The smallest absolute Gasteiger partial charge is 0.0898 e. The van der Waals surface area contributed by atoms with Crippen LogP contribution >= 0.6 is 34.5 Å². The first kappa shape index (κ1) is 12.5. The van der Waals surface area contributed by atoms with Gasteiger partial charge in [-0.05, 0) is 19.1 Å². The number of benzene rings is 1. The van der Waals surface area contributed by atoms with Gasteiger partial charge in [-0.1, -0.05) is 23.2 Å². The third kappa shape index (κ3) is 3.03. The number of aryl methyl sites for hydroxylation is 1. The summed E-state index contributed by atoms with van der Waals surface area (Å²) < 4.78 is 0. The van der Waals surface area contributed by atoms with Crippen molar-refractivity contribution < 1.29 is 0 Å². The molecule has 90 valence electrons. The molecule has 0 aliphatic carbocycles. The van der Waals surface area contributed by atoms with Gasteiger partial charge in [-0.25, -0.2) is 4.98 Å². The van der Waals surface area contributed by atoms with Crippen molar-refractivity contribution in [3.63, 3.8) is 0 Å². The number of nitrogens with zero attached hydrogens (tertiary/aromatic N) is 1. The number of nitrogens with two attached hydrogens (primary N) is 1. The maximum Gasteiger partial charge on any atom is 0.0898 e. The maximum absolute atomic E-state index is 6.06. The minimum atomic E-state index is 0.516. The molecule has 0 aliphatic heterocycles. The van der Waals surface area contributed by atoms with E-state index < -0.39 is 0 Å². The van der Waals surface area contributed by atoms with Crippen LogP contribution in [0.4, 0.5) is 11.4 Å². The Labute approximate surface area is 114 Å². The van der Waals surface area contributed by atoms with Crippen LogP contribution in [0.5, 0.6) is 0 Å². The molecule has 0 unspecified atom stereocenters. The van der Waals surface area contributed by atoms with Gasteiger partial charge in [0.2, 0.25) is 0 Å². The lowest BCUT2D eigenvalue weighted by Gasteiger charge is -2.10. The molecule has 0 bridgehead atoms. The molecular formula is C11H11Cl2N3S. The molecule has 6 heteroatoms. The number of thiazole rings is 1. The quantitative estimate of drug-likeness (QED) is 0.841. The van der Waals surface area contributed by atoms with Crippen LogP contribution < -0.4 is 11.1 Å². The molecule has 3 nitrogen and oxygen atoms in total. The number of anilines is 2. The zero-order chi connectivity index (χ0) is 12.4. The number of hydrogen-bond acceptors (Lipinski definition) is 4. The van der Waals surface area contributed by atoms with Crippen molar-refractivity contribution in [2.24, 2.45) is 0 Å². The number of nitrogen functional groups attached to an aromatic ring is 1. The lowest BCUT2D eigenvalue weighted by atomic mass is 10.2. The summed E-state index contributed by atoms with van der Waals surface area (Å²) in [6.07, 6.45) is 0. The number of aromatic nitrogens is 1. The second-order valence-electron chi connectivity index (χ2n) is 3.57. The summed E-state index contributed by atoms with van der Waals surface area (Å²) in [5.74, 6) is 0. The van der Waals surface area contributed by atoms with Crippen molar-refractivity contribution in [3.8, 4) is 0 Å². The second kappa shape index (κ2) is 5.12. The molecule has 1 heterocycles. The Morgan fingerprint density at radius 2 is 2.00 bits per heavy atom. The fourth-order valence-corrected chi connectivity index (χ4v) is 2.68. The van der Waals surface area contributed by atoms with Gasteiger partial charge < -0.3 is 11.1 Å². The highest BCUT2D eigenvalue weighted by Gasteiger charge is 2.07. The first-order valence-corrected chi connectivity index (χ1v) is 6.59. The van der Waals surface area contributed by atoms with Gasteiger partial charge in [0.25, 0.3) is 0 Å². The molecule has 1 aromatic heterocycles. The Morgan fingerprint density at radius 1 is 1.35 bits per heavy atom. The maximum atomic E-state index is 6.06. The van der Waals surface area contributed by atoms with E-state index in [1.807, 2.05) is 12.3 Å². The van der Waals surface area contributed by atoms with E-state index in [0.717, 1.165) is 10.7 Å². The summed E-state index contributed by atoms with van der Waals surface area (Å²) in [6.45, 7) is 2.56. The summed E-state index contributed by atoms with van der Waals surface area (Å²) in [4.78, 5) is 4.35. The van der Waals surface area contributed by atoms with Crippen LogP contribution in [0.2, 0.25) is 10.0 Å². The van der Waals surface area contributed by atoms with Crippen molar-refractivity contribution in [1.82, 2.24) is 4.98 Å². The Morgan fingerprint density at radius 3 is 2.53 bits per heavy atom. The van der Waals surface area contributed by atoms with E-state index in [9.17, 15) is 0 Å². The van der Waals surface area contributed by atoms with Gasteiger partial charge in [0.1, 0.15) is 0 Å². The highest BCUT2D eigenvalue weighted by molar-refractivity contribution is 7.09. The summed E-state index contributed by atoms with van der Waals surface area (Å²) in [6, 6.07) is 3.34. The molecule has 0 saturated heterocycles. The first-order chi connectivity index (χ1) is 8.06. The molecule has 2 aromatic rings. The standard InChI is InChI=1S/C11H11Cl2N3S/c1-6-16-8(5-17-6)4-15-11-9(12)2-7(14)3-10(11)13/h2-3,5,15H,4,14H2,1H3. The molecule has 3 N–H and O–H groups in total. The number of nitrogens with one attached hydrogen (secondary N) is 1. The molecule has 0 radical (unpaired) electrons. The van der Waals surface area contributed by atoms with E-state index in [1.54, 1.807) is 23.5 Å². The third-order valence-electron chi connectivity index (χ3n) is 2.18. The van der Waals surface area contributed by atoms with Crippen LogP contribution in [0.3, 0.4) is 0 Å². The van der Waals surface area contributed by atoms with Gasteiger partial charge in [-0.2, -0.15) is 0 Å². The van der Waals surface area contributed by atoms with E-state index in [2.05, 4.69) is 10.3 Å². The Kier molecular flexibility index (Phi) is 3.76. The normalized spacial score (nSPS) is 10.5. The van der Waals surface area contributed by atoms with Crippen molar-refractivity contribution in [1.29, 1.82) is 0 Å². The predicted octanol–water partition coefficient (Wildman–Crippen LogP) is 3.95. The lowest BCUT2D eigenvalue weighted by Crippen LogP contribution is -2.01. The fraction of sp³-hybridized carbons (Fsp3) is 0.182. The van der Waals surface area contributed by atoms with Gasteiger partial charge in [0.15, 0.2) is 0 Å². The Balaban J connectivity index is 2.14. The van der Waals surface area contributed by atoms with Crippen LogP contribution in [0.1, 0.15) is 10.7 Å². The summed E-state index contributed by atoms with van der Waals surface area (Å²) in [5, 5.41) is 7.23. The molecule has 0 amide bonds. The molecule has 2 rings (SSSR count). The van der Waals surface area contributed by atoms with Crippen molar-refractivity contribution in [2.45, 2.75) is 13.5 Å². The van der Waals surface area contributed by atoms with Crippen molar-refractivity contribution in [2.75, 3.05) is 11.1 Å². The van der Waals surface area contributed by atoms with Gasteiger partial charge in [-0.15, -0.1) is 11.3 Å². The first-order valence-electron chi connectivity index (χ1n) is 4.95. The van der Waals surface area contributed by atoms with E-state index >= 15 is 0 Å². The second-order valence-corrected chi connectivity index (χ2v) is 5.45. The van der Waals surface area contributed by atoms with Crippen LogP contribution in [0.25, 0.3) is 0 Å². The topological polar surface area (TPSA) is 50.9 Å². The zero-order valence-electron chi connectivity index (χ0n) is 9.13. The van der Waals surface area contributed by atoms with Crippen LogP contribution in [-0.2, 0) is 6.54 Å². The Bertz CT molecular complexity index is 516. The molecule has 1 aromatic carbocycles. The lowest BCUT2D eigenvalue weighted by molar-refractivity contribution is 1.05. The Hall–Kier alpha value is -0.970. The van der Waals surface area contributed by atoms with Crippen molar-refractivity contribution >= 4 is 45.9 Å². The molecular weight excluding hydrogens is 277 g/mol. The van der Waals surface area contributed by atoms with Gasteiger partial charge in [-0.3, -0.25) is 0 Å². The SMILES string of the molecule is Cc1nc(CNc2c(Cl)cc(N)cc2Cl)cs1. The highest BCUT2D eigenvalue weighted by atomic mass is 35.5. The summed E-state index contributed by atoms with van der Waals surface area (Å²) >= 11 is 13.7. The summed E-state index contributed by atoms with van der Waals surface area (Å²) in [7, 11) is 0. The number of hydrogen-bond donors (Lipinski definition) is 2. The fourth-order valence-electron chi connectivity index (χ4n) is 1.43. The average molecular weight is 288 g/mol. The van der Waals surface area contributed by atoms with Gasteiger partial charge in [0.05, 0.1) is 33.0 Å². The minimum Gasteiger partial charge on any atom is -0.399 e. The highest BCUT2D eigenvalue weighted by Crippen LogP contribution is 2.33. The molecule has 0 fully saturated rings. The monoisotopic (exact) mass is 287 g/mol. The van der Waals surface area contributed by atoms with Crippen LogP contribution in [-0.4, -0.2) is 4.98 Å². The molecule has 0 saturated carbocycles. The van der Waals surface area contributed by atoms with Gasteiger partial charge >= 0.3 is 0 Å². The van der Waals surface area contributed by atoms with Crippen LogP contribution in [0, 0.1) is 6.92 Å². The number of halogens is 2. The number of rotatable bonds is 3. The molecule has 0 spiro atoms. The van der Waals surface area contributed by atoms with E-state index in [4.69, 9.17) is 28.9 Å². The van der Waals surface area contributed by atoms with E-state index in [-0.39, 0.29) is 0 Å². The van der Waals surface area contributed by atoms with Crippen molar-refractivity contribution in [3.05, 3.63) is 38.3 Å². The predicted molar refractivity (Wildman–Crippen MR) is 75.1 cm³/mol. The average Bonchev–Trinajstić information content (AvgIpc) is 2.62.